The van der Waals surface area contributed by atoms with Crippen molar-refractivity contribution in [3.8, 4) is 0 Å². The van der Waals surface area contributed by atoms with Crippen molar-refractivity contribution in [3.63, 3.8) is 0 Å². The third-order valence-corrected chi connectivity index (χ3v) is 5.08. The van der Waals surface area contributed by atoms with Crippen LogP contribution in [0.25, 0.3) is 0 Å². The van der Waals surface area contributed by atoms with Crippen LogP contribution < -0.4 is 4.90 Å². The van der Waals surface area contributed by atoms with E-state index < -0.39 is 0 Å². The number of rotatable bonds is 1. The first-order valence-corrected chi connectivity index (χ1v) is 7.89. The predicted molar refractivity (Wildman–Crippen MR) is 84.1 cm³/mol. The number of hydrogen-bond acceptors (Lipinski definition) is 3. The van der Waals surface area contributed by atoms with Crippen molar-refractivity contribution in [2.45, 2.75) is 45.6 Å². The summed E-state index contributed by atoms with van der Waals surface area (Å²) < 4.78 is 0. The highest BCUT2D eigenvalue weighted by molar-refractivity contribution is 5.45. The summed E-state index contributed by atoms with van der Waals surface area (Å²) in [5.74, 6) is 0. The zero-order valence-electron chi connectivity index (χ0n) is 13.1. The van der Waals surface area contributed by atoms with E-state index in [-0.39, 0.29) is 0 Å². The van der Waals surface area contributed by atoms with Crippen LogP contribution in [0.15, 0.2) is 24.5 Å². The molecule has 3 heterocycles. The van der Waals surface area contributed by atoms with Crippen LogP contribution in [0, 0.1) is 5.41 Å². The lowest BCUT2D eigenvalue weighted by atomic mass is 9.79. The van der Waals surface area contributed by atoms with Gasteiger partial charge in [-0.3, -0.25) is 9.88 Å². The predicted octanol–water partition coefficient (Wildman–Crippen LogP) is 3.17. The molecule has 110 valence electrons. The fraction of sp³-hybridized carbons (Fsp3) is 0.706. The summed E-state index contributed by atoms with van der Waals surface area (Å²) >= 11 is 0. The third kappa shape index (κ3) is 2.69. The lowest BCUT2D eigenvalue weighted by Crippen LogP contribution is -2.47. The zero-order chi connectivity index (χ0) is 14.2. The van der Waals surface area contributed by atoms with E-state index in [9.17, 15) is 0 Å². The van der Waals surface area contributed by atoms with Gasteiger partial charge in [-0.1, -0.05) is 0 Å². The maximum absolute atomic E-state index is 4.14. The molecule has 3 nitrogen and oxygen atoms in total. The van der Waals surface area contributed by atoms with Gasteiger partial charge < -0.3 is 4.90 Å². The molecule has 0 saturated carbocycles. The molecular weight excluding hydrogens is 246 g/mol. The lowest BCUT2D eigenvalue weighted by molar-refractivity contribution is 0.139. The molecule has 3 rings (SSSR count). The van der Waals surface area contributed by atoms with E-state index in [1.54, 1.807) is 0 Å². The van der Waals surface area contributed by atoms with Gasteiger partial charge >= 0.3 is 0 Å². The molecule has 0 aliphatic carbocycles. The van der Waals surface area contributed by atoms with Crippen molar-refractivity contribution in [2.24, 2.45) is 5.41 Å². The van der Waals surface area contributed by atoms with Gasteiger partial charge in [0.15, 0.2) is 0 Å². The maximum Gasteiger partial charge on any atom is 0.0397 e. The first-order chi connectivity index (χ1) is 9.49. The number of pyridine rings is 1. The van der Waals surface area contributed by atoms with Crippen LogP contribution in [0.1, 0.15) is 40.0 Å². The standard InChI is InChI=1S/C17H27N3/c1-16(2,3)20-12-8-17(14-20)7-4-11-19(13-17)15-5-9-18-10-6-15/h5-6,9-10H,4,7-8,11-14H2,1-3H3. The molecule has 2 fully saturated rings. The normalized spacial score (nSPS) is 28.2. The largest absolute Gasteiger partial charge is 0.371 e. The van der Waals surface area contributed by atoms with E-state index in [2.05, 4.69) is 47.7 Å². The summed E-state index contributed by atoms with van der Waals surface area (Å²) in [5.41, 5.74) is 2.16. The van der Waals surface area contributed by atoms with Crippen molar-refractivity contribution in [2.75, 3.05) is 31.1 Å². The molecule has 0 aromatic carbocycles. The minimum atomic E-state index is 0.308. The van der Waals surface area contributed by atoms with Gasteiger partial charge in [-0.05, 0) is 58.7 Å². The van der Waals surface area contributed by atoms with Crippen LogP contribution in [0.2, 0.25) is 0 Å². The van der Waals surface area contributed by atoms with Crippen LogP contribution in [0.5, 0.6) is 0 Å². The van der Waals surface area contributed by atoms with E-state index in [1.807, 2.05) is 12.4 Å². The Hall–Kier alpha value is -1.09. The molecule has 2 saturated heterocycles. The van der Waals surface area contributed by atoms with Gasteiger partial charge in [-0.25, -0.2) is 0 Å². The fourth-order valence-corrected chi connectivity index (χ4v) is 3.82. The Kier molecular flexibility index (Phi) is 3.49. The molecule has 1 aromatic rings. The first kappa shape index (κ1) is 13.9. The van der Waals surface area contributed by atoms with Gasteiger partial charge in [0.25, 0.3) is 0 Å². The number of likely N-dealkylation sites (tertiary alicyclic amines) is 1. The van der Waals surface area contributed by atoms with E-state index in [0.29, 0.717) is 11.0 Å². The molecule has 1 aromatic heterocycles. The minimum absolute atomic E-state index is 0.308. The Bertz CT molecular complexity index is 451. The van der Waals surface area contributed by atoms with Crippen molar-refractivity contribution in [1.82, 2.24) is 9.88 Å². The molecule has 0 radical (unpaired) electrons. The second-order valence-electron chi connectivity index (χ2n) is 7.57. The van der Waals surface area contributed by atoms with Crippen molar-refractivity contribution >= 4 is 5.69 Å². The minimum Gasteiger partial charge on any atom is -0.371 e. The molecule has 2 aliphatic rings. The van der Waals surface area contributed by atoms with Crippen molar-refractivity contribution in [3.05, 3.63) is 24.5 Å². The maximum atomic E-state index is 4.14. The highest BCUT2D eigenvalue weighted by Gasteiger charge is 2.43. The van der Waals surface area contributed by atoms with E-state index in [0.717, 1.165) is 0 Å². The topological polar surface area (TPSA) is 19.4 Å². The Morgan fingerprint density at radius 1 is 1.05 bits per heavy atom. The number of anilines is 1. The van der Waals surface area contributed by atoms with Gasteiger partial charge in [-0.2, -0.15) is 0 Å². The number of piperidine rings is 1. The molecule has 0 bridgehead atoms. The number of aromatic nitrogens is 1. The van der Waals surface area contributed by atoms with Gasteiger partial charge in [0.05, 0.1) is 0 Å². The SMILES string of the molecule is CC(C)(C)N1CCC2(CCCN(c3ccncc3)C2)C1. The Balaban J connectivity index is 1.73. The summed E-state index contributed by atoms with van der Waals surface area (Å²) in [7, 11) is 0. The fourth-order valence-electron chi connectivity index (χ4n) is 3.82. The van der Waals surface area contributed by atoms with E-state index in [4.69, 9.17) is 0 Å². The van der Waals surface area contributed by atoms with Gasteiger partial charge in [0, 0.05) is 48.7 Å². The molecule has 2 aliphatic heterocycles. The Morgan fingerprint density at radius 2 is 1.80 bits per heavy atom. The van der Waals surface area contributed by atoms with Crippen LogP contribution in [0.4, 0.5) is 5.69 Å². The lowest BCUT2D eigenvalue weighted by Gasteiger charge is -2.43. The summed E-state index contributed by atoms with van der Waals surface area (Å²) in [6, 6.07) is 4.30. The molecular formula is C17H27N3. The summed E-state index contributed by atoms with van der Waals surface area (Å²) in [4.78, 5) is 9.38. The van der Waals surface area contributed by atoms with Gasteiger partial charge in [-0.15, -0.1) is 0 Å². The summed E-state index contributed by atoms with van der Waals surface area (Å²) in [5, 5.41) is 0. The van der Waals surface area contributed by atoms with Gasteiger partial charge in [0.1, 0.15) is 0 Å². The second kappa shape index (κ2) is 5.03. The third-order valence-electron chi connectivity index (χ3n) is 5.08. The average molecular weight is 273 g/mol. The number of nitrogens with zero attached hydrogens (tertiary/aromatic N) is 3. The second-order valence-corrected chi connectivity index (χ2v) is 7.57. The Labute approximate surface area is 123 Å². The Morgan fingerprint density at radius 3 is 2.45 bits per heavy atom. The monoisotopic (exact) mass is 273 g/mol. The highest BCUT2D eigenvalue weighted by atomic mass is 15.2. The van der Waals surface area contributed by atoms with Crippen molar-refractivity contribution in [1.29, 1.82) is 0 Å². The van der Waals surface area contributed by atoms with Crippen LogP contribution >= 0.6 is 0 Å². The number of hydrogen-bond donors (Lipinski definition) is 0. The zero-order valence-corrected chi connectivity index (χ0v) is 13.1. The highest BCUT2D eigenvalue weighted by Crippen LogP contribution is 2.42. The molecule has 1 spiro atoms. The summed E-state index contributed by atoms with van der Waals surface area (Å²) in [6.45, 7) is 12.0. The van der Waals surface area contributed by atoms with Crippen LogP contribution in [-0.2, 0) is 0 Å². The van der Waals surface area contributed by atoms with Crippen LogP contribution in [0.3, 0.4) is 0 Å². The molecule has 1 atom stereocenters. The average Bonchev–Trinajstić information content (AvgIpc) is 2.84. The molecule has 3 heteroatoms. The molecule has 1 unspecified atom stereocenters. The molecule has 0 N–H and O–H groups in total. The summed E-state index contributed by atoms with van der Waals surface area (Å²) in [6.07, 6.45) is 7.88. The first-order valence-electron chi connectivity index (χ1n) is 7.89. The molecule has 20 heavy (non-hydrogen) atoms. The van der Waals surface area contributed by atoms with Crippen LogP contribution in [-0.4, -0.2) is 41.6 Å². The quantitative estimate of drug-likeness (QED) is 0.783. The van der Waals surface area contributed by atoms with E-state index >= 15 is 0 Å². The van der Waals surface area contributed by atoms with E-state index in [1.165, 1.54) is 51.1 Å². The smallest absolute Gasteiger partial charge is 0.0397 e. The van der Waals surface area contributed by atoms with Gasteiger partial charge in [0.2, 0.25) is 0 Å². The van der Waals surface area contributed by atoms with Crippen molar-refractivity contribution < 1.29 is 0 Å². The molecule has 0 amide bonds.